The van der Waals surface area contributed by atoms with Crippen LogP contribution in [0.25, 0.3) is 6.08 Å². The van der Waals surface area contributed by atoms with Gasteiger partial charge in [-0.15, -0.1) is 0 Å². The molecule has 1 atom stereocenters. The highest BCUT2D eigenvalue weighted by Crippen LogP contribution is 2.23. The van der Waals surface area contributed by atoms with Gasteiger partial charge in [0.15, 0.2) is 0 Å². The van der Waals surface area contributed by atoms with Crippen molar-refractivity contribution in [2.45, 2.75) is 19.9 Å². The molecule has 2 rings (SSSR count). The van der Waals surface area contributed by atoms with E-state index in [1.54, 1.807) is 6.08 Å². The topological polar surface area (TPSA) is 43.8 Å². The number of carbonyl (C=O) groups is 1. The Balaban J connectivity index is 2.18. The van der Waals surface area contributed by atoms with Gasteiger partial charge in [-0.2, -0.15) is 0 Å². The van der Waals surface area contributed by atoms with Crippen LogP contribution in [0.4, 0.5) is 5.69 Å². The van der Waals surface area contributed by atoms with Gasteiger partial charge >= 0.3 is 5.97 Å². The first-order valence-corrected chi connectivity index (χ1v) is 6.94. The molecule has 1 aliphatic rings. The van der Waals surface area contributed by atoms with Crippen LogP contribution in [-0.2, 0) is 4.79 Å². The van der Waals surface area contributed by atoms with Crippen LogP contribution in [0.5, 0.6) is 0 Å². The molecule has 20 heavy (non-hydrogen) atoms. The normalized spacial score (nSPS) is 20.6. The van der Waals surface area contributed by atoms with E-state index in [0.717, 1.165) is 30.8 Å². The Kier molecular flexibility index (Phi) is 4.45. The zero-order chi connectivity index (χ0) is 14.7. The van der Waals surface area contributed by atoms with E-state index in [2.05, 4.69) is 35.9 Å². The predicted octanol–water partition coefficient (Wildman–Crippen LogP) is 2.23. The SMILES string of the molecule is Cc1cc(N2CCN(C)CC2C)ccc1/C=C/C(=O)O. The van der Waals surface area contributed by atoms with Gasteiger partial charge in [0.25, 0.3) is 0 Å². The van der Waals surface area contributed by atoms with Crippen LogP contribution in [0.1, 0.15) is 18.1 Å². The van der Waals surface area contributed by atoms with Gasteiger partial charge in [0.05, 0.1) is 0 Å². The lowest BCUT2D eigenvalue weighted by Gasteiger charge is -2.40. The maximum absolute atomic E-state index is 10.6. The van der Waals surface area contributed by atoms with Crippen molar-refractivity contribution in [2.75, 3.05) is 31.6 Å². The number of hydrogen-bond donors (Lipinski definition) is 1. The highest BCUT2D eigenvalue weighted by molar-refractivity contribution is 5.85. The number of anilines is 1. The molecule has 0 aromatic heterocycles. The maximum Gasteiger partial charge on any atom is 0.328 e. The van der Waals surface area contributed by atoms with Gasteiger partial charge in [-0.25, -0.2) is 4.79 Å². The van der Waals surface area contributed by atoms with E-state index in [1.807, 2.05) is 13.0 Å². The lowest BCUT2D eigenvalue weighted by molar-refractivity contribution is -0.131. The molecule has 4 nitrogen and oxygen atoms in total. The predicted molar refractivity (Wildman–Crippen MR) is 82.2 cm³/mol. The summed E-state index contributed by atoms with van der Waals surface area (Å²) in [6.45, 7) is 7.43. The molecule has 1 aromatic rings. The number of carboxylic acid groups (broad SMARTS) is 1. The molecule has 4 heteroatoms. The third kappa shape index (κ3) is 3.39. The van der Waals surface area contributed by atoms with Crippen LogP contribution in [0.15, 0.2) is 24.3 Å². The first kappa shape index (κ1) is 14.6. The van der Waals surface area contributed by atoms with Crippen molar-refractivity contribution in [1.29, 1.82) is 0 Å². The number of aliphatic carboxylic acids is 1. The largest absolute Gasteiger partial charge is 0.478 e. The van der Waals surface area contributed by atoms with E-state index in [-0.39, 0.29) is 0 Å². The van der Waals surface area contributed by atoms with Gasteiger partial charge in [-0.05, 0) is 50.2 Å². The molecule has 1 unspecified atom stereocenters. The molecule has 1 fully saturated rings. The molecule has 1 aromatic carbocycles. The van der Waals surface area contributed by atoms with Crippen LogP contribution < -0.4 is 4.90 Å². The molecule has 0 amide bonds. The molecule has 0 spiro atoms. The molecule has 108 valence electrons. The number of benzene rings is 1. The van der Waals surface area contributed by atoms with Crippen LogP contribution in [-0.4, -0.2) is 48.7 Å². The van der Waals surface area contributed by atoms with Crippen molar-refractivity contribution in [3.63, 3.8) is 0 Å². The maximum atomic E-state index is 10.6. The van der Waals surface area contributed by atoms with E-state index in [0.29, 0.717) is 6.04 Å². The molecule has 0 aliphatic carbocycles. The molecule has 1 N–H and O–H groups in total. The van der Waals surface area contributed by atoms with Crippen molar-refractivity contribution < 1.29 is 9.90 Å². The summed E-state index contributed by atoms with van der Waals surface area (Å²) < 4.78 is 0. The highest BCUT2D eigenvalue weighted by Gasteiger charge is 2.21. The van der Waals surface area contributed by atoms with Gasteiger partial charge in [0.1, 0.15) is 0 Å². The second-order valence-corrected chi connectivity index (χ2v) is 5.52. The zero-order valence-electron chi connectivity index (χ0n) is 12.3. The van der Waals surface area contributed by atoms with Gasteiger partial charge in [-0.1, -0.05) is 6.07 Å². The molecule has 1 aliphatic heterocycles. The molecular weight excluding hydrogens is 252 g/mol. The van der Waals surface area contributed by atoms with Crippen LogP contribution in [0, 0.1) is 6.92 Å². The number of piperazine rings is 1. The standard InChI is InChI=1S/C16H22N2O2/c1-12-10-15(6-4-14(12)5-7-16(19)20)18-9-8-17(3)11-13(18)2/h4-7,10,13H,8-9,11H2,1-3H3,(H,19,20)/b7-5+. The minimum absolute atomic E-state index is 0.494. The van der Waals surface area contributed by atoms with E-state index in [1.165, 1.54) is 11.8 Å². The van der Waals surface area contributed by atoms with Crippen molar-refractivity contribution in [2.24, 2.45) is 0 Å². The summed E-state index contributed by atoms with van der Waals surface area (Å²) in [6, 6.07) is 6.71. The molecular formula is C16H22N2O2. The third-order valence-corrected chi connectivity index (χ3v) is 3.82. The molecule has 1 heterocycles. The highest BCUT2D eigenvalue weighted by atomic mass is 16.4. The van der Waals surface area contributed by atoms with Gasteiger partial charge in [0, 0.05) is 37.4 Å². The molecule has 1 saturated heterocycles. The van der Waals surface area contributed by atoms with E-state index < -0.39 is 5.97 Å². The van der Waals surface area contributed by atoms with E-state index in [9.17, 15) is 4.79 Å². The fraction of sp³-hybridized carbons (Fsp3) is 0.438. The van der Waals surface area contributed by atoms with Gasteiger partial charge in [-0.3, -0.25) is 0 Å². The number of hydrogen-bond acceptors (Lipinski definition) is 3. The van der Waals surface area contributed by atoms with Crippen LogP contribution in [0.3, 0.4) is 0 Å². The summed E-state index contributed by atoms with van der Waals surface area (Å²) in [7, 11) is 2.15. The van der Waals surface area contributed by atoms with Gasteiger partial charge < -0.3 is 14.9 Å². The Hall–Kier alpha value is -1.81. The fourth-order valence-electron chi connectivity index (χ4n) is 2.71. The number of nitrogens with zero attached hydrogens (tertiary/aromatic N) is 2. The third-order valence-electron chi connectivity index (χ3n) is 3.82. The average Bonchev–Trinajstić information content (AvgIpc) is 2.37. The monoisotopic (exact) mass is 274 g/mol. The number of carboxylic acids is 1. The molecule has 0 radical (unpaired) electrons. The Bertz CT molecular complexity index is 525. The number of rotatable bonds is 3. The van der Waals surface area contributed by atoms with Crippen molar-refractivity contribution >= 4 is 17.7 Å². The first-order valence-electron chi connectivity index (χ1n) is 6.94. The van der Waals surface area contributed by atoms with Crippen LogP contribution >= 0.6 is 0 Å². The average molecular weight is 274 g/mol. The quantitative estimate of drug-likeness (QED) is 0.859. The smallest absolute Gasteiger partial charge is 0.328 e. The molecule has 0 saturated carbocycles. The lowest BCUT2D eigenvalue weighted by Crippen LogP contribution is -2.50. The number of likely N-dealkylation sites (N-methyl/N-ethyl adjacent to an activating group) is 1. The Labute approximate surface area is 120 Å². The summed E-state index contributed by atoms with van der Waals surface area (Å²) in [5.41, 5.74) is 3.28. The minimum atomic E-state index is -0.916. The Morgan fingerprint density at radius 2 is 2.15 bits per heavy atom. The second kappa shape index (κ2) is 6.09. The summed E-state index contributed by atoms with van der Waals surface area (Å²) in [5, 5.41) is 8.68. The Morgan fingerprint density at radius 3 is 2.75 bits per heavy atom. The summed E-state index contributed by atoms with van der Waals surface area (Å²) in [4.78, 5) is 15.3. The first-order chi connectivity index (χ1) is 9.47. The number of aryl methyl sites for hydroxylation is 1. The van der Waals surface area contributed by atoms with Crippen molar-refractivity contribution in [3.8, 4) is 0 Å². The summed E-state index contributed by atoms with van der Waals surface area (Å²) >= 11 is 0. The van der Waals surface area contributed by atoms with Crippen molar-refractivity contribution in [1.82, 2.24) is 4.90 Å². The molecule has 0 bridgehead atoms. The summed E-state index contributed by atoms with van der Waals surface area (Å²) in [5.74, 6) is -0.916. The van der Waals surface area contributed by atoms with E-state index >= 15 is 0 Å². The van der Waals surface area contributed by atoms with E-state index in [4.69, 9.17) is 5.11 Å². The van der Waals surface area contributed by atoms with Crippen LogP contribution in [0.2, 0.25) is 0 Å². The fourth-order valence-corrected chi connectivity index (χ4v) is 2.71. The Morgan fingerprint density at radius 1 is 1.40 bits per heavy atom. The van der Waals surface area contributed by atoms with Gasteiger partial charge in [0.2, 0.25) is 0 Å². The minimum Gasteiger partial charge on any atom is -0.478 e. The summed E-state index contributed by atoms with van der Waals surface area (Å²) in [6.07, 6.45) is 2.83. The second-order valence-electron chi connectivity index (χ2n) is 5.52. The van der Waals surface area contributed by atoms with Crippen molar-refractivity contribution in [3.05, 3.63) is 35.4 Å². The zero-order valence-corrected chi connectivity index (χ0v) is 12.3. The lowest BCUT2D eigenvalue weighted by atomic mass is 10.1.